The van der Waals surface area contributed by atoms with Crippen molar-refractivity contribution in [3.63, 3.8) is 0 Å². The van der Waals surface area contributed by atoms with E-state index in [9.17, 15) is 4.79 Å². The second-order valence-electron chi connectivity index (χ2n) is 5.15. The van der Waals surface area contributed by atoms with E-state index in [0.717, 1.165) is 18.8 Å². The monoisotopic (exact) mass is 261 g/mol. The topological polar surface area (TPSA) is 58.4 Å². The third-order valence-electron chi connectivity index (χ3n) is 3.81. The molecule has 1 heterocycles. The molecular formula is C15H23N3O. The van der Waals surface area contributed by atoms with Crippen molar-refractivity contribution in [2.24, 2.45) is 5.73 Å². The van der Waals surface area contributed by atoms with Crippen LogP contribution in [0.4, 0.5) is 5.69 Å². The van der Waals surface area contributed by atoms with E-state index < -0.39 is 0 Å². The van der Waals surface area contributed by atoms with Crippen molar-refractivity contribution in [1.82, 2.24) is 4.90 Å². The fourth-order valence-corrected chi connectivity index (χ4v) is 2.58. The number of nitrogens with two attached hydrogens (primary N) is 1. The lowest BCUT2D eigenvalue weighted by atomic mass is 10.1. The summed E-state index contributed by atoms with van der Waals surface area (Å²) in [5.41, 5.74) is 6.86. The van der Waals surface area contributed by atoms with Crippen LogP contribution < -0.4 is 11.1 Å². The van der Waals surface area contributed by atoms with Crippen LogP contribution in [-0.2, 0) is 0 Å². The van der Waals surface area contributed by atoms with Gasteiger partial charge < -0.3 is 16.0 Å². The molecule has 0 saturated carbocycles. The Hall–Kier alpha value is -1.55. The summed E-state index contributed by atoms with van der Waals surface area (Å²) in [6.45, 7) is 5.72. The first-order valence-electron chi connectivity index (χ1n) is 7.08. The molecular weight excluding hydrogens is 238 g/mol. The van der Waals surface area contributed by atoms with E-state index >= 15 is 0 Å². The molecule has 4 nitrogen and oxygen atoms in total. The van der Waals surface area contributed by atoms with Crippen LogP contribution >= 0.6 is 0 Å². The van der Waals surface area contributed by atoms with Gasteiger partial charge in [-0.2, -0.15) is 0 Å². The van der Waals surface area contributed by atoms with E-state index in [0.29, 0.717) is 11.6 Å². The Kier molecular flexibility index (Phi) is 4.80. The van der Waals surface area contributed by atoms with Crippen LogP contribution in [0.1, 0.15) is 36.5 Å². The first-order chi connectivity index (χ1) is 9.19. The summed E-state index contributed by atoms with van der Waals surface area (Å²) in [6.07, 6.45) is 3.62. The van der Waals surface area contributed by atoms with E-state index in [1.54, 1.807) is 12.1 Å². The number of primary amides is 1. The Labute approximate surface area is 115 Å². The zero-order chi connectivity index (χ0) is 13.7. The van der Waals surface area contributed by atoms with Gasteiger partial charge in [-0.15, -0.1) is 0 Å². The summed E-state index contributed by atoms with van der Waals surface area (Å²) in [6, 6.07) is 7.95. The SMILES string of the molecule is CCN1CCCC(Nc2ccc(C(N)=O)cc2)CC1. The van der Waals surface area contributed by atoms with E-state index in [2.05, 4.69) is 17.1 Å². The van der Waals surface area contributed by atoms with Crippen molar-refractivity contribution < 1.29 is 4.79 Å². The highest BCUT2D eigenvalue weighted by molar-refractivity contribution is 5.93. The number of likely N-dealkylation sites (tertiary alicyclic amines) is 1. The molecule has 1 saturated heterocycles. The van der Waals surface area contributed by atoms with Gasteiger partial charge in [0.15, 0.2) is 0 Å². The van der Waals surface area contributed by atoms with Gasteiger partial charge >= 0.3 is 0 Å². The molecule has 0 radical (unpaired) electrons. The lowest BCUT2D eigenvalue weighted by Crippen LogP contribution is -2.26. The molecule has 1 atom stereocenters. The van der Waals surface area contributed by atoms with Crippen LogP contribution in [0.5, 0.6) is 0 Å². The molecule has 1 fully saturated rings. The normalized spacial score (nSPS) is 20.8. The van der Waals surface area contributed by atoms with E-state index in [1.807, 2.05) is 12.1 Å². The molecule has 2 rings (SSSR count). The van der Waals surface area contributed by atoms with Crippen LogP contribution in [0.25, 0.3) is 0 Å². The second-order valence-corrected chi connectivity index (χ2v) is 5.15. The lowest BCUT2D eigenvalue weighted by molar-refractivity contribution is 0.100. The number of rotatable bonds is 4. The van der Waals surface area contributed by atoms with Gasteiger partial charge in [0.05, 0.1) is 0 Å². The van der Waals surface area contributed by atoms with Gasteiger partial charge in [-0.05, 0) is 56.6 Å². The average molecular weight is 261 g/mol. The number of carbonyl (C=O) groups excluding carboxylic acids is 1. The Bertz CT molecular complexity index is 416. The van der Waals surface area contributed by atoms with Crippen molar-refractivity contribution in [3.05, 3.63) is 29.8 Å². The molecule has 0 spiro atoms. The first-order valence-corrected chi connectivity index (χ1v) is 7.08. The molecule has 3 N–H and O–H groups in total. The van der Waals surface area contributed by atoms with Crippen LogP contribution in [0.3, 0.4) is 0 Å². The number of carbonyl (C=O) groups is 1. The van der Waals surface area contributed by atoms with Gasteiger partial charge in [-0.1, -0.05) is 6.92 Å². The summed E-state index contributed by atoms with van der Waals surface area (Å²) in [5, 5.41) is 3.55. The third-order valence-corrected chi connectivity index (χ3v) is 3.81. The van der Waals surface area contributed by atoms with Gasteiger partial charge in [0, 0.05) is 23.8 Å². The summed E-state index contributed by atoms with van der Waals surface area (Å²) in [5.74, 6) is -0.375. The van der Waals surface area contributed by atoms with Gasteiger partial charge in [-0.25, -0.2) is 0 Å². The minimum atomic E-state index is -0.375. The van der Waals surface area contributed by atoms with Crippen molar-refractivity contribution in [2.45, 2.75) is 32.2 Å². The molecule has 19 heavy (non-hydrogen) atoms. The Morgan fingerprint density at radius 2 is 2.05 bits per heavy atom. The lowest BCUT2D eigenvalue weighted by Gasteiger charge is -2.19. The molecule has 104 valence electrons. The maximum Gasteiger partial charge on any atom is 0.248 e. The summed E-state index contributed by atoms with van der Waals surface area (Å²) in [4.78, 5) is 13.5. The molecule has 0 bridgehead atoms. The molecule has 1 aromatic carbocycles. The molecule has 1 amide bonds. The standard InChI is InChI=1S/C15H23N3O/c1-2-18-10-3-4-13(9-11-18)17-14-7-5-12(6-8-14)15(16)19/h5-8,13,17H,2-4,9-11H2,1H3,(H2,16,19). The molecule has 1 aromatic rings. The fourth-order valence-electron chi connectivity index (χ4n) is 2.58. The first kappa shape index (κ1) is 13.9. The van der Waals surface area contributed by atoms with Gasteiger partial charge in [0.25, 0.3) is 0 Å². The quantitative estimate of drug-likeness (QED) is 0.872. The second kappa shape index (κ2) is 6.57. The zero-order valence-electron chi connectivity index (χ0n) is 11.6. The summed E-state index contributed by atoms with van der Waals surface area (Å²) >= 11 is 0. The molecule has 1 unspecified atom stereocenters. The maximum atomic E-state index is 11.0. The zero-order valence-corrected chi connectivity index (χ0v) is 11.6. The summed E-state index contributed by atoms with van der Waals surface area (Å²) in [7, 11) is 0. The van der Waals surface area contributed by atoms with Gasteiger partial charge in [-0.3, -0.25) is 4.79 Å². The van der Waals surface area contributed by atoms with Crippen molar-refractivity contribution in [3.8, 4) is 0 Å². The Morgan fingerprint density at radius 3 is 2.68 bits per heavy atom. The molecule has 0 aromatic heterocycles. The Morgan fingerprint density at radius 1 is 1.32 bits per heavy atom. The number of nitrogens with one attached hydrogen (secondary N) is 1. The largest absolute Gasteiger partial charge is 0.382 e. The number of amides is 1. The van der Waals surface area contributed by atoms with Crippen LogP contribution in [0, 0.1) is 0 Å². The van der Waals surface area contributed by atoms with Gasteiger partial charge in [0.2, 0.25) is 5.91 Å². The molecule has 1 aliphatic rings. The summed E-state index contributed by atoms with van der Waals surface area (Å²) < 4.78 is 0. The number of hydrogen-bond donors (Lipinski definition) is 2. The third kappa shape index (κ3) is 3.96. The minimum absolute atomic E-state index is 0.375. The van der Waals surface area contributed by atoms with Crippen molar-refractivity contribution in [1.29, 1.82) is 0 Å². The minimum Gasteiger partial charge on any atom is -0.382 e. The molecule has 1 aliphatic heterocycles. The predicted molar refractivity (Wildman–Crippen MR) is 78.3 cm³/mol. The smallest absolute Gasteiger partial charge is 0.248 e. The van der Waals surface area contributed by atoms with Crippen LogP contribution in [0.15, 0.2) is 24.3 Å². The Balaban J connectivity index is 1.91. The van der Waals surface area contributed by atoms with Crippen LogP contribution in [-0.4, -0.2) is 36.5 Å². The number of hydrogen-bond acceptors (Lipinski definition) is 3. The predicted octanol–water partition coefficient (Wildman–Crippen LogP) is 2.07. The highest BCUT2D eigenvalue weighted by Crippen LogP contribution is 2.17. The van der Waals surface area contributed by atoms with Crippen molar-refractivity contribution >= 4 is 11.6 Å². The maximum absolute atomic E-state index is 11.0. The van der Waals surface area contributed by atoms with E-state index in [1.165, 1.54) is 25.8 Å². The highest BCUT2D eigenvalue weighted by atomic mass is 16.1. The fraction of sp³-hybridized carbons (Fsp3) is 0.533. The van der Waals surface area contributed by atoms with Crippen LogP contribution in [0.2, 0.25) is 0 Å². The number of nitrogens with zero attached hydrogens (tertiary/aromatic N) is 1. The number of benzene rings is 1. The van der Waals surface area contributed by atoms with E-state index in [-0.39, 0.29) is 5.91 Å². The average Bonchev–Trinajstić information content (AvgIpc) is 2.64. The van der Waals surface area contributed by atoms with Gasteiger partial charge in [0.1, 0.15) is 0 Å². The number of anilines is 1. The molecule has 0 aliphatic carbocycles. The van der Waals surface area contributed by atoms with E-state index in [4.69, 9.17) is 5.73 Å². The molecule has 4 heteroatoms. The van der Waals surface area contributed by atoms with Crippen molar-refractivity contribution in [2.75, 3.05) is 25.0 Å². The highest BCUT2D eigenvalue weighted by Gasteiger charge is 2.15.